The van der Waals surface area contributed by atoms with Crippen molar-refractivity contribution < 1.29 is 18.0 Å². The van der Waals surface area contributed by atoms with Crippen molar-refractivity contribution in [2.24, 2.45) is 7.05 Å². The normalized spacial score (nSPS) is 14.7. The Balaban J connectivity index is 1.52. The number of anilines is 2. The number of hydrogen-bond donors (Lipinski definition) is 1. The number of amides is 1. The molecule has 0 unspecified atom stereocenters. The van der Waals surface area contributed by atoms with Crippen LogP contribution in [0.25, 0.3) is 11.0 Å². The maximum absolute atomic E-state index is 13.2. The molecule has 1 aliphatic rings. The number of carbonyl (C=O) groups excluding carboxylic acids is 1. The second-order valence-electron chi connectivity index (χ2n) is 7.82. The first kappa shape index (κ1) is 21.8. The molecule has 11 heteroatoms. The molecular formula is C21H23F3N6O2. The monoisotopic (exact) mass is 448 g/mol. The Labute approximate surface area is 181 Å². The molecule has 1 N–H and O–H groups in total. The van der Waals surface area contributed by atoms with Crippen LogP contribution < -0.4 is 15.8 Å². The maximum Gasteiger partial charge on any atom is 0.416 e. The fourth-order valence-electron chi connectivity index (χ4n) is 3.88. The summed E-state index contributed by atoms with van der Waals surface area (Å²) in [5.74, 6) is -0.485. The number of hydrogen-bond acceptors (Lipinski definition) is 5. The first-order chi connectivity index (χ1) is 15.2. The lowest BCUT2D eigenvalue weighted by molar-refractivity contribution is -0.137. The van der Waals surface area contributed by atoms with E-state index in [9.17, 15) is 22.8 Å². The molecule has 8 nitrogen and oxygen atoms in total. The van der Waals surface area contributed by atoms with E-state index >= 15 is 0 Å². The second kappa shape index (κ2) is 8.64. The molecule has 0 radical (unpaired) electrons. The molecule has 1 amide bonds. The Morgan fingerprint density at radius 1 is 1.19 bits per heavy atom. The third kappa shape index (κ3) is 4.46. The van der Waals surface area contributed by atoms with Crippen LogP contribution in [0.4, 0.5) is 24.5 Å². The number of nitrogens with one attached hydrogen (secondary N) is 1. The van der Waals surface area contributed by atoms with Crippen molar-refractivity contribution in [1.29, 1.82) is 0 Å². The average Bonchev–Trinajstić information content (AvgIpc) is 3.15. The van der Waals surface area contributed by atoms with Gasteiger partial charge in [0.2, 0.25) is 5.91 Å². The standard InChI is InChI=1S/C21H23F3N6O2/c1-28-19-15(12-26-28)20(32)30(13-25-19)10-7-18(31)27-16-11-14(21(22,23)24)5-6-17(16)29-8-3-2-4-9-29/h5-6,11-13H,2-4,7-10H2,1H3,(H,27,31). The first-order valence-corrected chi connectivity index (χ1v) is 10.4. The molecule has 0 bridgehead atoms. The van der Waals surface area contributed by atoms with E-state index in [-0.39, 0.29) is 24.2 Å². The highest BCUT2D eigenvalue weighted by Gasteiger charge is 2.32. The van der Waals surface area contributed by atoms with Crippen LogP contribution in [0.15, 0.2) is 35.5 Å². The Kier molecular flexibility index (Phi) is 5.90. The number of benzene rings is 1. The molecule has 4 rings (SSSR count). The molecule has 0 saturated carbocycles. The van der Waals surface area contributed by atoms with Crippen LogP contribution in [0.5, 0.6) is 0 Å². The number of halogens is 3. The molecule has 0 spiro atoms. The predicted molar refractivity (Wildman–Crippen MR) is 114 cm³/mol. The van der Waals surface area contributed by atoms with E-state index in [1.807, 2.05) is 4.90 Å². The summed E-state index contributed by atoms with van der Waals surface area (Å²) in [4.78, 5) is 31.3. The zero-order chi connectivity index (χ0) is 22.9. The molecular weight excluding hydrogens is 425 g/mol. The van der Waals surface area contributed by atoms with Gasteiger partial charge < -0.3 is 10.2 Å². The number of alkyl halides is 3. The van der Waals surface area contributed by atoms with Crippen molar-refractivity contribution in [3.05, 3.63) is 46.6 Å². The van der Waals surface area contributed by atoms with E-state index in [2.05, 4.69) is 15.4 Å². The molecule has 1 aromatic carbocycles. The quantitative estimate of drug-likeness (QED) is 0.648. The van der Waals surface area contributed by atoms with Crippen LogP contribution in [0.3, 0.4) is 0 Å². The van der Waals surface area contributed by atoms with Gasteiger partial charge in [-0.15, -0.1) is 0 Å². The lowest BCUT2D eigenvalue weighted by Crippen LogP contribution is -2.31. The molecule has 0 aliphatic carbocycles. The Bertz CT molecular complexity index is 1190. The van der Waals surface area contributed by atoms with Gasteiger partial charge in [0.25, 0.3) is 5.56 Å². The minimum absolute atomic E-state index is 0.0422. The highest BCUT2D eigenvalue weighted by Crippen LogP contribution is 2.36. The summed E-state index contributed by atoms with van der Waals surface area (Å²) >= 11 is 0. The largest absolute Gasteiger partial charge is 0.416 e. The molecule has 0 atom stereocenters. The zero-order valence-corrected chi connectivity index (χ0v) is 17.5. The molecule has 3 heterocycles. The van der Waals surface area contributed by atoms with E-state index in [4.69, 9.17) is 0 Å². The number of aryl methyl sites for hydroxylation is 2. The van der Waals surface area contributed by atoms with Crippen LogP contribution in [0.1, 0.15) is 31.2 Å². The van der Waals surface area contributed by atoms with Crippen LogP contribution >= 0.6 is 0 Å². The summed E-state index contributed by atoms with van der Waals surface area (Å²) in [5.41, 5.74) is -0.0209. The third-order valence-corrected chi connectivity index (χ3v) is 5.59. The van der Waals surface area contributed by atoms with Gasteiger partial charge in [0.15, 0.2) is 5.65 Å². The van der Waals surface area contributed by atoms with Crippen molar-refractivity contribution in [3.8, 4) is 0 Å². The van der Waals surface area contributed by atoms with E-state index < -0.39 is 17.6 Å². The van der Waals surface area contributed by atoms with Crippen LogP contribution in [0, 0.1) is 0 Å². The summed E-state index contributed by atoms with van der Waals surface area (Å²) in [6.07, 6.45) is 1.10. The van der Waals surface area contributed by atoms with Gasteiger partial charge in [-0.25, -0.2) is 4.98 Å². The van der Waals surface area contributed by atoms with E-state index in [1.54, 1.807) is 7.05 Å². The van der Waals surface area contributed by atoms with Crippen molar-refractivity contribution in [3.63, 3.8) is 0 Å². The van der Waals surface area contributed by atoms with Crippen LogP contribution in [-0.4, -0.2) is 38.3 Å². The molecule has 32 heavy (non-hydrogen) atoms. The van der Waals surface area contributed by atoms with Gasteiger partial charge in [-0.2, -0.15) is 18.3 Å². The van der Waals surface area contributed by atoms with Gasteiger partial charge in [0.1, 0.15) is 5.39 Å². The van der Waals surface area contributed by atoms with Crippen LogP contribution in [0.2, 0.25) is 0 Å². The van der Waals surface area contributed by atoms with Gasteiger partial charge in [-0.1, -0.05) is 0 Å². The minimum Gasteiger partial charge on any atom is -0.370 e. The van der Waals surface area contributed by atoms with E-state index in [1.165, 1.54) is 27.8 Å². The number of fused-ring (bicyclic) bond motifs is 1. The van der Waals surface area contributed by atoms with Gasteiger partial charge in [-0.05, 0) is 37.5 Å². The molecule has 3 aromatic rings. The second-order valence-corrected chi connectivity index (χ2v) is 7.82. The number of piperidine rings is 1. The predicted octanol–water partition coefficient (Wildman–Crippen LogP) is 3.17. The van der Waals surface area contributed by atoms with E-state index in [0.717, 1.165) is 44.5 Å². The summed E-state index contributed by atoms with van der Waals surface area (Å²) in [7, 11) is 1.67. The molecule has 1 fully saturated rings. The molecule has 2 aromatic heterocycles. The summed E-state index contributed by atoms with van der Waals surface area (Å²) in [6.45, 7) is 1.49. The van der Waals surface area contributed by atoms with Gasteiger partial charge in [0, 0.05) is 33.1 Å². The van der Waals surface area contributed by atoms with Crippen LogP contribution in [-0.2, 0) is 24.6 Å². The van der Waals surface area contributed by atoms with Crippen molar-refractivity contribution in [1.82, 2.24) is 19.3 Å². The number of rotatable bonds is 5. The minimum atomic E-state index is -4.52. The van der Waals surface area contributed by atoms with E-state index in [0.29, 0.717) is 16.7 Å². The number of carbonyl (C=O) groups is 1. The molecule has 1 aliphatic heterocycles. The smallest absolute Gasteiger partial charge is 0.370 e. The highest BCUT2D eigenvalue weighted by molar-refractivity contribution is 5.94. The van der Waals surface area contributed by atoms with Crippen molar-refractivity contribution >= 4 is 28.3 Å². The van der Waals surface area contributed by atoms with Gasteiger partial charge in [0.05, 0.1) is 29.5 Å². The Morgan fingerprint density at radius 3 is 2.66 bits per heavy atom. The third-order valence-electron chi connectivity index (χ3n) is 5.59. The van der Waals surface area contributed by atoms with Gasteiger partial charge in [-0.3, -0.25) is 18.8 Å². The number of aromatic nitrogens is 4. The van der Waals surface area contributed by atoms with Crippen molar-refractivity contribution in [2.75, 3.05) is 23.3 Å². The lowest BCUT2D eigenvalue weighted by Gasteiger charge is -2.31. The molecule has 170 valence electrons. The Hall–Kier alpha value is -3.37. The molecule has 1 saturated heterocycles. The summed E-state index contributed by atoms with van der Waals surface area (Å²) in [5, 5.41) is 6.95. The number of nitrogens with zero attached hydrogens (tertiary/aromatic N) is 5. The fraction of sp³-hybridized carbons (Fsp3) is 0.429. The lowest BCUT2D eigenvalue weighted by atomic mass is 10.1. The average molecular weight is 448 g/mol. The summed E-state index contributed by atoms with van der Waals surface area (Å²) < 4.78 is 42.5. The maximum atomic E-state index is 13.2. The fourth-order valence-corrected chi connectivity index (χ4v) is 3.88. The zero-order valence-electron chi connectivity index (χ0n) is 17.5. The summed E-state index contributed by atoms with van der Waals surface area (Å²) in [6, 6.07) is 3.42. The van der Waals surface area contributed by atoms with Gasteiger partial charge >= 0.3 is 6.18 Å². The van der Waals surface area contributed by atoms with Crippen molar-refractivity contribution in [2.45, 2.75) is 38.4 Å². The SMILES string of the molecule is Cn1ncc2c(=O)n(CCC(=O)Nc3cc(C(F)(F)F)ccc3N3CCCCC3)cnc21. The first-order valence-electron chi connectivity index (χ1n) is 10.4. The highest BCUT2D eigenvalue weighted by atomic mass is 19.4. The Morgan fingerprint density at radius 2 is 1.94 bits per heavy atom. The topological polar surface area (TPSA) is 85.0 Å².